The molecule has 11 heteroatoms. The quantitative estimate of drug-likeness (QED) is 0.370. The van der Waals surface area contributed by atoms with Crippen molar-refractivity contribution in [3.63, 3.8) is 0 Å². The number of nitrogens with zero attached hydrogens (tertiary/aromatic N) is 3. The van der Waals surface area contributed by atoms with Crippen LogP contribution >= 0.6 is 11.3 Å². The number of aliphatic carboxylic acids is 1. The predicted molar refractivity (Wildman–Crippen MR) is 142 cm³/mol. The number of carbonyl (C=O) groups is 2. The number of carboxylic acids is 1. The first-order valence-electron chi connectivity index (χ1n) is 12.9. The summed E-state index contributed by atoms with van der Waals surface area (Å²) in [5, 5.41) is 16.1. The molecule has 3 aromatic rings. The number of amidine groups is 1. The summed E-state index contributed by atoms with van der Waals surface area (Å²) in [5.74, 6) is -0.805. The van der Waals surface area contributed by atoms with Crippen LogP contribution in [-0.4, -0.2) is 39.5 Å². The molecule has 9 nitrogen and oxygen atoms in total. The lowest BCUT2D eigenvalue weighted by Gasteiger charge is -2.34. The van der Waals surface area contributed by atoms with Crippen LogP contribution in [0.25, 0.3) is 0 Å². The molecule has 0 amide bonds. The van der Waals surface area contributed by atoms with Crippen LogP contribution in [0.4, 0.5) is 4.39 Å². The summed E-state index contributed by atoms with van der Waals surface area (Å²) in [6.45, 7) is 3.71. The summed E-state index contributed by atoms with van der Waals surface area (Å²) >= 11 is 1.40. The predicted octanol–water partition coefficient (Wildman–Crippen LogP) is 5.09. The minimum atomic E-state index is -1.09. The molecule has 1 aromatic carbocycles. The van der Waals surface area contributed by atoms with Gasteiger partial charge in [-0.05, 0) is 62.6 Å². The van der Waals surface area contributed by atoms with Gasteiger partial charge in [0.25, 0.3) is 0 Å². The van der Waals surface area contributed by atoms with Crippen molar-refractivity contribution in [3.8, 4) is 0 Å². The molecular weight excluding hydrogens is 523 g/mol. The number of hydrogen-bond donors (Lipinski definition) is 2. The highest BCUT2D eigenvalue weighted by molar-refractivity contribution is 7.11. The summed E-state index contributed by atoms with van der Waals surface area (Å²) in [6.07, 6.45) is 6.07. The molecule has 0 bridgehead atoms. The molecule has 1 aliphatic carbocycles. The van der Waals surface area contributed by atoms with Crippen molar-refractivity contribution < 1.29 is 28.2 Å². The molecule has 0 saturated heterocycles. The third kappa shape index (κ3) is 5.63. The van der Waals surface area contributed by atoms with E-state index in [0.717, 1.165) is 12.8 Å². The Balaban J connectivity index is 1.41. The standard InChI is InChI=1S/C28H29FN4O5S/c1-3-37-21(34)13-18-14-38-26(31-18)17-9-7-16(8-10-17)23-22(28(35)36)24(19-5-4-6-20(29)15(19)2)33-25(32-23)27-30-11-12-39-27/h4-6,11-12,14,16-17,24H,3,7-10,13H2,1-2H3,(H,32,33)(H,35,36). The number of carbonyl (C=O) groups excluding carboxylic acids is 1. The number of carboxylic acid groups (broad SMARTS) is 1. The van der Waals surface area contributed by atoms with Crippen molar-refractivity contribution in [2.24, 2.45) is 10.9 Å². The Labute approximate surface area is 228 Å². The Bertz CT molecular complexity index is 1420. The first-order valence-corrected chi connectivity index (χ1v) is 13.8. The second-order valence-corrected chi connectivity index (χ2v) is 10.5. The number of halogens is 1. The minimum absolute atomic E-state index is 0.0584. The highest BCUT2D eigenvalue weighted by Gasteiger charge is 2.38. The largest absolute Gasteiger partial charge is 0.478 e. The number of hydrogen-bond acceptors (Lipinski definition) is 9. The van der Waals surface area contributed by atoms with Gasteiger partial charge in [0.15, 0.2) is 16.7 Å². The molecular formula is C28H29FN4O5S. The SMILES string of the molecule is CCOC(=O)Cc1coc(C2CCC(C3=C(C(=O)O)C(c4cccc(F)c4C)N=C(c4nccs4)N3)CC2)n1. The van der Waals surface area contributed by atoms with E-state index < -0.39 is 17.8 Å². The minimum Gasteiger partial charge on any atom is -0.478 e. The lowest BCUT2D eigenvalue weighted by molar-refractivity contribution is -0.142. The van der Waals surface area contributed by atoms with Gasteiger partial charge >= 0.3 is 11.9 Å². The first-order chi connectivity index (χ1) is 18.9. The zero-order chi connectivity index (χ0) is 27.5. The number of aromatic nitrogens is 2. The summed E-state index contributed by atoms with van der Waals surface area (Å²) in [6, 6.07) is 3.79. The van der Waals surface area contributed by atoms with Crippen LogP contribution in [0.3, 0.4) is 0 Å². The zero-order valence-corrected chi connectivity index (χ0v) is 22.5. The van der Waals surface area contributed by atoms with Gasteiger partial charge in [-0.15, -0.1) is 11.3 Å². The van der Waals surface area contributed by atoms with Gasteiger partial charge in [0.1, 0.15) is 18.1 Å². The first kappa shape index (κ1) is 26.7. The van der Waals surface area contributed by atoms with Crippen molar-refractivity contribution in [1.29, 1.82) is 0 Å². The number of rotatable bonds is 8. The maximum absolute atomic E-state index is 14.5. The van der Waals surface area contributed by atoms with E-state index in [4.69, 9.17) is 14.1 Å². The smallest absolute Gasteiger partial charge is 0.335 e. The van der Waals surface area contributed by atoms with Crippen LogP contribution in [-0.2, 0) is 20.7 Å². The fourth-order valence-electron chi connectivity index (χ4n) is 5.30. The van der Waals surface area contributed by atoms with Crippen LogP contribution in [0.1, 0.15) is 72.3 Å². The van der Waals surface area contributed by atoms with Crippen molar-refractivity contribution in [2.45, 2.75) is 57.9 Å². The Morgan fingerprint density at radius 2 is 2.00 bits per heavy atom. The molecule has 3 heterocycles. The summed E-state index contributed by atoms with van der Waals surface area (Å²) in [7, 11) is 0. The topological polar surface area (TPSA) is 127 Å². The van der Waals surface area contributed by atoms with Gasteiger partial charge in [-0.1, -0.05) is 12.1 Å². The van der Waals surface area contributed by atoms with E-state index >= 15 is 0 Å². The summed E-state index contributed by atoms with van der Waals surface area (Å²) in [5.41, 5.74) is 2.14. The Morgan fingerprint density at radius 1 is 1.23 bits per heavy atom. The van der Waals surface area contributed by atoms with E-state index in [1.807, 2.05) is 5.38 Å². The zero-order valence-electron chi connectivity index (χ0n) is 21.6. The highest BCUT2D eigenvalue weighted by atomic mass is 32.1. The number of nitrogens with one attached hydrogen (secondary N) is 1. The van der Waals surface area contributed by atoms with Gasteiger partial charge in [0, 0.05) is 23.2 Å². The molecule has 0 radical (unpaired) electrons. The number of allylic oxidation sites excluding steroid dienone is 1. The molecule has 1 atom stereocenters. The average molecular weight is 553 g/mol. The molecule has 39 heavy (non-hydrogen) atoms. The third-order valence-electron chi connectivity index (χ3n) is 7.23. The van der Waals surface area contributed by atoms with E-state index in [-0.39, 0.29) is 29.8 Å². The molecule has 1 saturated carbocycles. The van der Waals surface area contributed by atoms with Crippen molar-refractivity contribution >= 4 is 29.1 Å². The van der Waals surface area contributed by atoms with Crippen molar-refractivity contribution in [2.75, 3.05) is 6.61 Å². The van der Waals surface area contributed by atoms with Crippen LogP contribution in [0.2, 0.25) is 0 Å². The van der Waals surface area contributed by atoms with E-state index in [0.29, 0.717) is 58.7 Å². The number of benzene rings is 1. The van der Waals surface area contributed by atoms with Crippen LogP contribution < -0.4 is 5.32 Å². The summed E-state index contributed by atoms with van der Waals surface area (Å²) < 4.78 is 25.2. The van der Waals surface area contributed by atoms with Crippen LogP contribution in [0, 0.1) is 18.7 Å². The average Bonchev–Trinajstić information content (AvgIpc) is 3.63. The normalized spacial score (nSPS) is 21.3. The van der Waals surface area contributed by atoms with E-state index in [1.165, 1.54) is 23.7 Å². The second kappa shape index (κ2) is 11.5. The Hall–Kier alpha value is -3.86. The molecule has 0 spiro atoms. The Morgan fingerprint density at radius 3 is 2.69 bits per heavy atom. The highest BCUT2D eigenvalue weighted by Crippen LogP contribution is 2.43. The van der Waals surface area contributed by atoms with Gasteiger partial charge in [-0.3, -0.25) is 9.79 Å². The molecule has 1 unspecified atom stereocenters. The Kier molecular flexibility index (Phi) is 7.87. The summed E-state index contributed by atoms with van der Waals surface area (Å²) in [4.78, 5) is 38.1. The van der Waals surface area contributed by atoms with Crippen LogP contribution in [0.15, 0.2) is 56.7 Å². The molecule has 204 valence electrons. The number of aliphatic imine (C=N–C) groups is 1. The maximum atomic E-state index is 14.5. The van der Waals surface area contributed by atoms with Gasteiger partial charge < -0.3 is 19.6 Å². The number of thiazole rings is 1. The molecule has 2 N–H and O–H groups in total. The van der Waals surface area contributed by atoms with Gasteiger partial charge in [-0.2, -0.15) is 0 Å². The lowest BCUT2D eigenvalue weighted by Crippen LogP contribution is -2.37. The van der Waals surface area contributed by atoms with Gasteiger partial charge in [0.05, 0.1) is 24.3 Å². The van der Waals surface area contributed by atoms with Crippen molar-refractivity contribution in [3.05, 3.63) is 80.8 Å². The lowest BCUT2D eigenvalue weighted by atomic mass is 9.77. The fourth-order valence-corrected chi connectivity index (χ4v) is 5.88. The number of ether oxygens (including phenoxy) is 1. The van der Waals surface area contributed by atoms with Gasteiger partial charge in [0.2, 0.25) is 0 Å². The van der Waals surface area contributed by atoms with E-state index in [1.54, 1.807) is 32.2 Å². The van der Waals surface area contributed by atoms with E-state index in [2.05, 4.69) is 15.3 Å². The molecule has 2 aromatic heterocycles. The number of oxazole rings is 1. The second-order valence-electron chi connectivity index (χ2n) is 9.64. The monoisotopic (exact) mass is 552 g/mol. The molecule has 1 aliphatic heterocycles. The number of esters is 1. The maximum Gasteiger partial charge on any atom is 0.335 e. The van der Waals surface area contributed by atoms with Gasteiger partial charge in [-0.25, -0.2) is 19.2 Å². The molecule has 2 aliphatic rings. The fraction of sp³-hybridized carbons (Fsp3) is 0.393. The molecule has 5 rings (SSSR count). The van der Waals surface area contributed by atoms with E-state index in [9.17, 15) is 19.1 Å². The van der Waals surface area contributed by atoms with Crippen LogP contribution in [0.5, 0.6) is 0 Å². The third-order valence-corrected chi connectivity index (χ3v) is 8.01. The van der Waals surface area contributed by atoms with Crippen molar-refractivity contribution in [1.82, 2.24) is 15.3 Å². The molecule has 1 fully saturated rings.